The lowest BCUT2D eigenvalue weighted by Gasteiger charge is -2.13. The molecule has 1 aromatic heterocycles. The van der Waals surface area contributed by atoms with Crippen molar-refractivity contribution in [2.75, 3.05) is 0 Å². The lowest BCUT2D eigenvalue weighted by molar-refractivity contribution is 0.206. The van der Waals surface area contributed by atoms with Gasteiger partial charge >= 0.3 is 0 Å². The minimum atomic E-state index is -0.317. The van der Waals surface area contributed by atoms with Crippen molar-refractivity contribution in [3.8, 4) is 0 Å². The summed E-state index contributed by atoms with van der Waals surface area (Å²) in [5, 5.41) is 10.2. The molecule has 1 N–H and O–H groups in total. The van der Waals surface area contributed by atoms with Crippen molar-refractivity contribution in [1.29, 1.82) is 0 Å². The van der Waals surface area contributed by atoms with E-state index in [0.29, 0.717) is 6.42 Å². The Morgan fingerprint density at radius 3 is 3.06 bits per heavy atom. The molecule has 1 heterocycles. The summed E-state index contributed by atoms with van der Waals surface area (Å²) in [4.78, 5) is 4.07. The monoisotopic (exact) mass is 217 g/mol. The summed E-state index contributed by atoms with van der Waals surface area (Å²) in [5.41, 5.74) is 2.33. The molecule has 1 aromatic rings. The fourth-order valence-electron chi connectivity index (χ4n) is 2.22. The summed E-state index contributed by atoms with van der Waals surface area (Å²) < 4.78 is 0. The first-order valence-electron chi connectivity index (χ1n) is 6.12. The topological polar surface area (TPSA) is 33.1 Å². The minimum absolute atomic E-state index is 0.317. The highest BCUT2D eigenvalue weighted by Gasteiger charge is 2.13. The van der Waals surface area contributed by atoms with Gasteiger partial charge in [0.2, 0.25) is 0 Å². The normalized spacial score (nSPS) is 18.7. The van der Waals surface area contributed by atoms with E-state index >= 15 is 0 Å². The van der Waals surface area contributed by atoms with Gasteiger partial charge in [0.05, 0.1) is 6.10 Å². The maximum absolute atomic E-state index is 10.2. The first-order valence-corrected chi connectivity index (χ1v) is 6.12. The molecule has 0 aromatic carbocycles. The van der Waals surface area contributed by atoms with E-state index in [9.17, 15) is 5.11 Å². The molecule has 2 rings (SSSR count). The Kier molecular flexibility index (Phi) is 4.11. The zero-order valence-electron chi connectivity index (χ0n) is 9.60. The van der Waals surface area contributed by atoms with Crippen molar-refractivity contribution in [2.24, 2.45) is 0 Å². The molecule has 2 heteroatoms. The number of aromatic nitrogens is 1. The van der Waals surface area contributed by atoms with Crippen molar-refractivity contribution in [1.82, 2.24) is 4.98 Å². The van der Waals surface area contributed by atoms with Crippen LogP contribution in [0, 0.1) is 0 Å². The molecule has 0 radical (unpaired) electrons. The average molecular weight is 217 g/mol. The number of aliphatic hydroxyl groups excluding tert-OH is 1. The Hall–Kier alpha value is -1.15. The maximum Gasteiger partial charge on any atom is 0.0791 e. The summed E-state index contributed by atoms with van der Waals surface area (Å²) in [6.07, 6.45) is 12.2. The quantitative estimate of drug-likeness (QED) is 0.790. The average Bonchev–Trinajstić information content (AvgIpc) is 2.59. The van der Waals surface area contributed by atoms with Gasteiger partial charge < -0.3 is 5.11 Å². The Morgan fingerprint density at radius 1 is 1.31 bits per heavy atom. The Labute approximate surface area is 97.0 Å². The first-order chi connectivity index (χ1) is 7.86. The lowest BCUT2D eigenvalue weighted by Crippen LogP contribution is -2.13. The van der Waals surface area contributed by atoms with E-state index in [0.717, 1.165) is 18.4 Å². The molecule has 0 aliphatic heterocycles. The fraction of sp³-hybridized carbons (Fsp3) is 0.500. The van der Waals surface area contributed by atoms with E-state index in [4.69, 9.17) is 0 Å². The van der Waals surface area contributed by atoms with Crippen LogP contribution < -0.4 is 0 Å². The van der Waals surface area contributed by atoms with Gasteiger partial charge in [-0.25, -0.2) is 0 Å². The molecule has 1 atom stereocenters. The largest absolute Gasteiger partial charge is 0.388 e. The third-order valence-corrected chi connectivity index (χ3v) is 3.16. The second kappa shape index (κ2) is 5.80. The fourth-order valence-corrected chi connectivity index (χ4v) is 2.22. The summed E-state index contributed by atoms with van der Waals surface area (Å²) in [6, 6.07) is 3.94. The van der Waals surface area contributed by atoms with Crippen molar-refractivity contribution in [2.45, 2.75) is 44.6 Å². The van der Waals surface area contributed by atoms with Crippen molar-refractivity contribution < 1.29 is 5.11 Å². The molecule has 1 aliphatic rings. The highest BCUT2D eigenvalue weighted by Crippen LogP contribution is 2.21. The number of aliphatic hydroxyl groups is 1. The van der Waals surface area contributed by atoms with E-state index in [1.54, 1.807) is 6.20 Å². The molecule has 0 saturated carbocycles. The van der Waals surface area contributed by atoms with Crippen LogP contribution in [0.25, 0.3) is 0 Å². The highest BCUT2D eigenvalue weighted by atomic mass is 16.3. The Bertz CT molecular complexity index is 345. The number of allylic oxidation sites excluding steroid dienone is 1. The van der Waals surface area contributed by atoms with Crippen LogP contribution in [-0.4, -0.2) is 16.2 Å². The summed E-state index contributed by atoms with van der Waals surface area (Å²) in [6.45, 7) is 0. The van der Waals surface area contributed by atoms with Gasteiger partial charge in [-0.1, -0.05) is 18.6 Å². The van der Waals surface area contributed by atoms with Gasteiger partial charge in [-0.05, 0) is 42.9 Å². The van der Waals surface area contributed by atoms with Crippen LogP contribution in [-0.2, 0) is 6.42 Å². The first kappa shape index (κ1) is 11.3. The van der Waals surface area contributed by atoms with Gasteiger partial charge in [0, 0.05) is 18.8 Å². The van der Waals surface area contributed by atoms with Gasteiger partial charge in [0.15, 0.2) is 0 Å². The summed E-state index contributed by atoms with van der Waals surface area (Å²) in [7, 11) is 0. The molecular weight excluding hydrogens is 198 g/mol. The number of rotatable bonds is 3. The van der Waals surface area contributed by atoms with Crippen LogP contribution >= 0.6 is 0 Å². The molecule has 16 heavy (non-hydrogen) atoms. The molecule has 2 nitrogen and oxygen atoms in total. The van der Waals surface area contributed by atoms with E-state index < -0.39 is 0 Å². The van der Waals surface area contributed by atoms with E-state index in [2.05, 4.69) is 11.1 Å². The van der Waals surface area contributed by atoms with Gasteiger partial charge in [0.1, 0.15) is 0 Å². The van der Waals surface area contributed by atoms with Crippen LogP contribution in [0.4, 0.5) is 0 Å². The Morgan fingerprint density at radius 2 is 2.25 bits per heavy atom. The predicted molar refractivity (Wildman–Crippen MR) is 65.1 cm³/mol. The maximum atomic E-state index is 10.2. The molecule has 0 saturated heterocycles. The smallest absolute Gasteiger partial charge is 0.0791 e. The lowest BCUT2D eigenvalue weighted by atomic mass is 9.99. The van der Waals surface area contributed by atoms with E-state index in [1.807, 2.05) is 18.3 Å². The Balaban J connectivity index is 1.97. The number of nitrogens with zero attached hydrogens (tertiary/aromatic N) is 1. The zero-order chi connectivity index (χ0) is 11.2. The SMILES string of the molecule is OC(Cc1cccnc1)C1=CCCCCC1. The van der Waals surface area contributed by atoms with Crippen LogP contribution in [0.2, 0.25) is 0 Å². The molecule has 0 fully saturated rings. The van der Waals surface area contributed by atoms with Crippen LogP contribution in [0.15, 0.2) is 36.2 Å². The standard InChI is InChI=1S/C14H19NO/c16-14(10-12-6-5-9-15-11-12)13-7-3-1-2-4-8-13/h5-7,9,11,14,16H,1-4,8,10H2. The van der Waals surface area contributed by atoms with Gasteiger partial charge in [-0.2, -0.15) is 0 Å². The number of hydrogen-bond acceptors (Lipinski definition) is 2. The molecular formula is C14H19NO. The van der Waals surface area contributed by atoms with Gasteiger partial charge in [-0.3, -0.25) is 4.98 Å². The molecule has 1 aliphatic carbocycles. The third-order valence-electron chi connectivity index (χ3n) is 3.16. The summed E-state index contributed by atoms with van der Waals surface area (Å²) >= 11 is 0. The van der Waals surface area contributed by atoms with Gasteiger partial charge in [-0.15, -0.1) is 0 Å². The van der Waals surface area contributed by atoms with Crippen LogP contribution in [0.3, 0.4) is 0 Å². The predicted octanol–water partition coefficient (Wildman–Crippen LogP) is 2.88. The molecule has 86 valence electrons. The molecule has 1 unspecified atom stereocenters. The molecule has 0 spiro atoms. The minimum Gasteiger partial charge on any atom is -0.388 e. The van der Waals surface area contributed by atoms with Crippen molar-refractivity contribution in [3.63, 3.8) is 0 Å². The van der Waals surface area contributed by atoms with E-state index in [-0.39, 0.29) is 6.10 Å². The highest BCUT2D eigenvalue weighted by molar-refractivity contribution is 5.17. The summed E-state index contributed by atoms with van der Waals surface area (Å²) in [5.74, 6) is 0. The molecule has 0 bridgehead atoms. The van der Waals surface area contributed by atoms with E-state index in [1.165, 1.54) is 24.8 Å². The number of pyridine rings is 1. The van der Waals surface area contributed by atoms with Crippen LogP contribution in [0.5, 0.6) is 0 Å². The zero-order valence-corrected chi connectivity index (χ0v) is 9.60. The second-order valence-corrected chi connectivity index (χ2v) is 4.46. The van der Waals surface area contributed by atoms with Gasteiger partial charge in [0.25, 0.3) is 0 Å². The third kappa shape index (κ3) is 3.17. The van der Waals surface area contributed by atoms with Crippen molar-refractivity contribution >= 4 is 0 Å². The second-order valence-electron chi connectivity index (χ2n) is 4.46. The number of hydrogen-bond donors (Lipinski definition) is 1. The molecule has 0 amide bonds. The van der Waals surface area contributed by atoms with Crippen LogP contribution in [0.1, 0.15) is 37.7 Å². The van der Waals surface area contributed by atoms with Crippen molar-refractivity contribution in [3.05, 3.63) is 41.7 Å².